The van der Waals surface area contributed by atoms with E-state index in [1.165, 1.54) is 7.11 Å². The van der Waals surface area contributed by atoms with Gasteiger partial charge in [-0.2, -0.15) is 0 Å². The van der Waals surface area contributed by atoms with Crippen LogP contribution < -0.4 is 10.6 Å². The molecule has 30 heavy (non-hydrogen) atoms. The zero-order valence-corrected chi connectivity index (χ0v) is 16.7. The van der Waals surface area contributed by atoms with Crippen LogP contribution in [0.3, 0.4) is 0 Å². The summed E-state index contributed by atoms with van der Waals surface area (Å²) in [7, 11) is 1.30. The molecule has 6 heteroatoms. The number of hydrogen-bond donors (Lipinski definition) is 3. The molecule has 6 nitrogen and oxygen atoms in total. The largest absolute Gasteiger partial charge is 0.465 e. The number of methoxy groups -OCH3 is 1. The first-order chi connectivity index (χ1) is 14.6. The highest BCUT2D eigenvalue weighted by molar-refractivity contribution is 6.12. The molecule has 0 atom stereocenters. The lowest BCUT2D eigenvalue weighted by atomic mass is 10.1. The Balaban J connectivity index is 1.69. The number of benzene rings is 3. The monoisotopic (exact) mass is 399 g/mol. The molecular formula is C24H21N3O3. The molecule has 150 valence electrons. The molecule has 0 aliphatic rings. The maximum Gasteiger partial charge on any atom is 0.339 e. The van der Waals surface area contributed by atoms with E-state index in [9.17, 15) is 9.59 Å². The molecule has 0 unspecified atom stereocenters. The van der Waals surface area contributed by atoms with Crippen LogP contribution in [-0.2, 0) is 4.74 Å². The van der Waals surface area contributed by atoms with Crippen molar-refractivity contribution in [3.05, 3.63) is 83.9 Å². The molecule has 4 rings (SSSR count). The van der Waals surface area contributed by atoms with Crippen molar-refractivity contribution in [1.29, 1.82) is 0 Å². The number of carbonyl (C=O) groups excluding carboxylic acids is 2. The molecule has 0 bridgehead atoms. The van der Waals surface area contributed by atoms with Crippen LogP contribution in [0.1, 0.15) is 15.9 Å². The van der Waals surface area contributed by atoms with Gasteiger partial charge in [-0.25, -0.2) is 9.59 Å². The first-order valence-corrected chi connectivity index (χ1v) is 9.50. The number of aromatic amines is 1. The zero-order chi connectivity index (χ0) is 21.1. The Morgan fingerprint density at radius 3 is 2.33 bits per heavy atom. The fourth-order valence-corrected chi connectivity index (χ4v) is 3.36. The van der Waals surface area contributed by atoms with Gasteiger partial charge in [0.25, 0.3) is 0 Å². The maximum absolute atomic E-state index is 12.8. The SMILES string of the molecule is COC(=O)c1ccccc1NC(=O)Nc1c(-c2ccc(C)cc2)[nH]c2ccccc12. The van der Waals surface area contributed by atoms with Crippen LogP contribution in [0.25, 0.3) is 22.2 Å². The van der Waals surface area contributed by atoms with Gasteiger partial charge in [0.05, 0.1) is 29.7 Å². The number of fused-ring (bicyclic) bond motifs is 1. The summed E-state index contributed by atoms with van der Waals surface area (Å²) in [6.07, 6.45) is 0. The Morgan fingerprint density at radius 2 is 1.57 bits per heavy atom. The Hall–Kier alpha value is -4.06. The van der Waals surface area contributed by atoms with Gasteiger partial charge in [-0.3, -0.25) is 0 Å². The van der Waals surface area contributed by atoms with Crippen molar-refractivity contribution in [3.63, 3.8) is 0 Å². The number of ether oxygens (including phenoxy) is 1. The topological polar surface area (TPSA) is 83.2 Å². The lowest BCUT2D eigenvalue weighted by Crippen LogP contribution is -2.21. The molecule has 0 radical (unpaired) electrons. The number of H-pyrrole nitrogens is 1. The molecule has 3 aromatic carbocycles. The molecule has 2 amide bonds. The molecule has 0 saturated heterocycles. The number of para-hydroxylation sites is 2. The van der Waals surface area contributed by atoms with Crippen molar-refractivity contribution >= 4 is 34.3 Å². The Labute approximate surface area is 173 Å². The van der Waals surface area contributed by atoms with E-state index in [4.69, 9.17) is 4.74 Å². The van der Waals surface area contributed by atoms with Crippen LogP contribution >= 0.6 is 0 Å². The van der Waals surface area contributed by atoms with E-state index in [-0.39, 0.29) is 5.56 Å². The third-order valence-corrected chi connectivity index (χ3v) is 4.87. The summed E-state index contributed by atoms with van der Waals surface area (Å²) in [4.78, 5) is 28.2. The number of nitrogens with one attached hydrogen (secondary N) is 3. The van der Waals surface area contributed by atoms with Gasteiger partial charge >= 0.3 is 12.0 Å². The second-order valence-corrected chi connectivity index (χ2v) is 6.90. The molecule has 0 spiro atoms. The van der Waals surface area contributed by atoms with Crippen LogP contribution in [0.15, 0.2) is 72.8 Å². The van der Waals surface area contributed by atoms with Gasteiger partial charge in [0.1, 0.15) is 0 Å². The number of aromatic nitrogens is 1. The average molecular weight is 399 g/mol. The number of urea groups is 1. The second kappa shape index (κ2) is 8.13. The minimum atomic E-state index is -0.515. The lowest BCUT2D eigenvalue weighted by Gasteiger charge is -2.12. The zero-order valence-electron chi connectivity index (χ0n) is 16.7. The van der Waals surface area contributed by atoms with E-state index in [2.05, 4.69) is 15.6 Å². The van der Waals surface area contributed by atoms with Gasteiger partial charge in [-0.1, -0.05) is 60.2 Å². The van der Waals surface area contributed by atoms with Crippen molar-refractivity contribution in [2.24, 2.45) is 0 Å². The third kappa shape index (κ3) is 3.75. The molecule has 0 saturated carbocycles. The quantitative estimate of drug-likeness (QED) is 0.392. The fraction of sp³-hybridized carbons (Fsp3) is 0.0833. The van der Waals surface area contributed by atoms with E-state index in [0.29, 0.717) is 11.4 Å². The van der Waals surface area contributed by atoms with E-state index in [0.717, 1.165) is 27.7 Å². The van der Waals surface area contributed by atoms with Gasteiger partial charge in [0.2, 0.25) is 0 Å². The summed E-state index contributed by atoms with van der Waals surface area (Å²) in [5.74, 6) is -0.515. The predicted molar refractivity (Wildman–Crippen MR) is 119 cm³/mol. The number of rotatable bonds is 4. The third-order valence-electron chi connectivity index (χ3n) is 4.87. The van der Waals surface area contributed by atoms with Crippen LogP contribution in [0.2, 0.25) is 0 Å². The second-order valence-electron chi connectivity index (χ2n) is 6.90. The average Bonchev–Trinajstić information content (AvgIpc) is 3.12. The molecule has 0 fully saturated rings. The van der Waals surface area contributed by atoms with Crippen LogP contribution in [0.4, 0.5) is 16.2 Å². The summed E-state index contributed by atoms with van der Waals surface area (Å²) in [6.45, 7) is 2.03. The molecular weight excluding hydrogens is 378 g/mol. The number of amides is 2. The lowest BCUT2D eigenvalue weighted by molar-refractivity contribution is 0.0602. The highest BCUT2D eigenvalue weighted by atomic mass is 16.5. The smallest absolute Gasteiger partial charge is 0.339 e. The van der Waals surface area contributed by atoms with Gasteiger partial charge in [0.15, 0.2) is 0 Å². The molecule has 0 aliphatic heterocycles. The van der Waals surface area contributed by atoms with Gasteiger partial charge < -0.3 is 20.4 Å². The summed E-state index contributed by atoms with van der Waals surface area (Å²) in [6, 6.07) is 22.1. The summed E-state index contributed by atoms with van der Waals surface area (Å²) in [5, 5.41) is 6.59. The number of hydrogen-bond acceptors (Lipinski definition) is 3. The number of anilines is 2. The van der Waals surface area contributed by atoms with Gasteiger partial charge in [-0.05, 0) is 25.1 Å². The maximum atomic E-state index is 12.8. The van der Waals surface area contributed by atoms with Crippen molar-refractivity contribution in [2.75, 3.05) is 17.7 Å². The van der Waals surface area contributed by atoms with E-state index >= 15 is 0 Å². The highest BCUT2D eigenvalue weighted by Crippen LogP contribution is 2.35. The normalized spacial score (nSPS) is 10.6. The fourth-order valence-electron chi connectivity index (χ4n) is 3.36. The van der Waals surface area contributed by atoms with E-state index < -0.39 is 12.0 Å². The molecule has 1 aromatic heterocycles. The Bertz CT molecular complexity index is 1230. The van der Waals surface area contributed by atoms with Gasteiger partial charge in [0, 0.05) is 16.5 Å². The first kappa shape index (κ1) is 19.3. The first-order valence-electron chi connectivity index (χ1n) is 9.50. The van der Waals surface area contributed by atoms with Crippen LogP contribution in [0, 0.1) is 6.92 Å². The van der Waals surface area contributed by atoms with Crippen LogP contribution in [0.5, 0.6) is 0 Å². The van der Waals surface area contributed by atoms with Gasteiger partial charge in [-0.15, -0.1) is 0 Å². The van der Waals surface area contributed by atoms with Crippen molar-refractivity contribution in [2.45, 2.75) is 6.92 Å². The minimum Gasteiger partial charge on any atom is -0.465 e. The highest BCUT2D eigenvalue weighted by Gasteiger charge is 2.17. The molecule has 3 N–H and O–H groups in total. The molecule has 4 aromatic rings. The molecule has 1 heterocycles. The number of esters is 1. The van der Waals surface area contributed by atoms with E-state index in [1.807, 2.05) is 55.5 Å². The predicted octanol–water partition coefficient (Wildman–Crippen LogP) is 5.57. The number of aryl methyl sites for hydroxylation is 1. The summed E-state index contributed by atoms with van der Waals surface area (Å²) < 4.78 is 4.79. The van der Waals surface area contributed by atoms with Crippen LogP contribution in [-0.4, -0.2) is 24.1 Å². The Kier molecular flexibility index (Phi) is 5.22. The minimum absolute atomic E-state index is 0.285. The van der Waals surface area contributed by atoms with Crippen molar-refractivity contribution in [1.82, 2.24) is 4.98 Å². The summed E-state index contributed by atoms with van der Waals surface area (Å²) in [5.41, 5.74) is 5.17. The van der Waals surface area contributed by atoms with Crippen molar-refractivity contribution in [3.8, 4) is 11.3 Å². The Morgan fingerprint density at radius 1 is 0.867 bits per heavy atom. The standard InChI is InChI=1S/C24H21N3O3/c1-15-11-13-16(14-12-15)21-22(17-7-3-5-9-19(17)25-21)27-24(29)26-20-10-6-4-8-18(20)23(28)30-2/h3-14,25H,1-2H3,(H2,26,27,29). The van der Waals surface area contributed by atoms with Crippen molar-refractivity contribution < 1.29 is 14.3 Å². The number of carbonyl (C=O) groups is 2. The van der Waals surface area contributed by atoms with E-state index in [1.54, 1.807) is 24.3 Å². The molecule has 0 aliphatic carbocycles. The summed E-state index contributed by atoms with van der Waals surface area (Å²) >= 11 is 0.